The molecule has 0 aliphatic carbocycles. The standard InChI is InChI=1S/C17H12ClFN2O/c18-17-20-9-14(10-21-17)13-6-7-16(15(19)8-13)22-11-12-4-2-1-3-5-12/h1-10H,11H2. The molecule has 0 saturated carbocycles. The summed E-state index contributed by atoms with van der Waals surface area (Å²) in [4.78, 5) is 7.77. The fourth-order valence-electron chi connectivity index (χ4n) is 1.99. The Morgan fingerprint density at radius 2 is 1.68 bits per heavy atom. The molecule has 0 radical (unpaired) electrons. The van der Waals surface area contributed by atoms with E-state index in [9.17, 15) is 4.39 Å². The zero-order chi connectivity index (χ0) is 15.4. The van der Waals surface area contributed by atoms with E-state index in [-0.39, 0.29) is 11.0 Å². The molecule has 110 valence electrons. The molecule has 0 bridgehead atoms. The fourth-order valence-corrected chi connectivity index (χ4v) is 2.09. The van der Waals surface area contributed by atoms with Crippen LogP contribution in [0.4, 0.5) is 4.39 Å². The fraction of sp³-hybridized carbons (Fsp3) is 0.0588. The second-order valence-electron chi connectivity index (χ2n) is 4.66. The van der Waals surface area contributed by atoms with Crippen molar-refractivity contribution < 1.29 is 9.13 Å². The third-order valence-electron chi connectivity index (χ3n) is 3.12. The van der Waals surface area contributed by atoms with Gasteiger partial charge in [-0.1, -0.05) is 36.4 Å². The first-order valence-corrected chi connectivity index (χ1v) is 7.04. The Hall–Kier alpha value is -2.46. The van der Waals surface area contributed by atoms with Crippen molar-refractivity contribution in [2.75, 3.05) is 0 Å². The predicted octanol–water partition coefficient (Wildman–Crippen LogP) is 4.52. The molecule has 0 saturated heterocycles. The number of benzene rings is 2. The number of halogens is 2. The Morgan fingerprint density at radius 1 is 0.955 bits per heavy atom. The van der Waals surface area contributed by atoms with Gasteiger partial charge in [-0.2, -0.15) is 0 Å². The van der Waals surface area contributed by atoms with Crippen LogP contribution in [0.1, 0.15) is 5.56 Å². The molecule has 5 heteroatoms. The van der Waals surface area contributed by atoms with E-state index in [1.807, 2.05) is 30.3 Å². The normalized spacial score (nSPS) is 10.5. The van der Waals surface area contributed by atoms with E-state index < -0.39 is 5.82 Å². The topological polar surface area (TPSA) is 35.0 Å². The molecule has 2 aromatic carbocycles. The Kier molecular flexibility index (Phi) is 4.30. The van der Waals surface area contributed by atoms with E-state index in [1.54, 1.807) is 24.5 Å². The third kappa shape index (κ3) is 3.40. The van der Waals surface area contributed by atoms with Gasteiger partial charge in [0.05, 0.1) is 0 Å². The summed E-state index contributed by atoms with van der Waals surface area (Å²) in [6, 6.07) is 14.4. The molecule has 0 aliphatic heterocycles. The summed E-state index contributed by atoms with van der Waals surface area (Å²) in [7, 11) is 0. The number of aromatic nitrogens is 2. The minimum atomic E-state index is -0.427. The van der Waals surface area contributed by atoms with Gasteiger partial charge in [0, 0.05) is 18.0 Å². The van der Waals surface area contributed by atoms with Gasteiger partial charge in [0.25, 0.3) is 0 Å². The maximum absolute atomic E-state index is 14.1. The van der Waals surface area contributed by atoms with Crippen molar-refractivity contribution in [3.63, 3.8) is 0 Å². The maximum atomic E-state index is 14.1. The van der Waals surface area contributed by atoms with Crippen molar-refractivity contribution in [1.29, 1.82) is 0 Å². The zero-order valence-electron chi connectivity index (χ0n) is 11.5. The lowest BCUT2D eigenvalue weighted by molar-refractivity contribution is 0.290. The van der Waals surface area contributed by atoms with Crippen molar-refractivity contribution in [1.82, 2.24) is 9.97 Å². The molecular formula is C17H12ClFN2O. The number of hydrogen-bond donors (Lipinski definition) is 0. The SMILES string of the molecule is Fc1cc(-c2cnc(Cl)nc2)ccc1OCc1ccccc1. The van der Waals surface area contributed by atoms with Gasteiger partial charge in [-0.3, -0.25) is 0 Å². The van der Waals surface area contributed by atoms with Gasteiger partial charge in [0.15, 0.2) is 11.6 Å². The molecular weight excluding hydrogens is 303 g/mol. The highest BCUT2D eigenvalue weighted by atomic mass is 35.5. The van der Waals surface area contributed by atoms with E-state index in [1.165, 1.54) is 6.07 Å². The smallest absolute Gasteiger partial charge is 0.222 e. The largest absolute Gasteiger partial charge is 0.486 e. The van der Waals surface area contributed by atoms with Gasteiger partial charge in [-0.25, -0.2) is 14.4 Å². The molecule has 0 spiro atoms. The van der Waals surface area contributed by atoms with Crippen molar-refractivity contribution >= 4 is 11.6 Å². The van der Waals surface area contributed by atoms with Crippen LogP contribution in [0.5, 0.6) is 5.75 Å². The molecule has 0 fully saturated rings. The zero-order valence-corrected chi connectivity index (χ0v) is 12.3. The van der Waals surface area contributed by atoms with Gasteiger partial charge >= 0.3 is 0 Å². The second kappa shape index (κ2) is 6.54. The van der Waals surface area contributed by atoms with Crippen LogP contribution in [0.2, 0.25) is 5.28 Å². The second-order valence-corrected chi connectivity index (χ2v) is 5.00. The minimum absolute atomic E-state index is 0.159. The Bertz CT molecular complexity index is 763. The summed E-state index contributed by atoms with van der Waals surface area (Å²) in [6.45, 7) is 0.321. The minimum Gasteiger partial charge on any atom is -0.486 e. The van der Waals surface area contributed by atoms with Gasteiger partial charge in [0.1, 0.15) is 6.61 Å². The molecule has 0 N–H and O–H groups in total. The Labute approximate surface area is 132 Å². The van der Waals surface area contributed by atoms with Crippen LogP contribution in [-0.4, -0.2) is 9.97 Å². The lowest BCUT2D eigenvalue weighted by Crippen LogP contribution is -1.97. The first-order valence-electron chi connectivity index (χ1n) is 6.66. The molecule has 22 heavy (non-hydrogen) atoms. The molecule has 3 rings (SSSR count). The summed E-state index contributed by atoms with van der Waals surface area (Å²) in [6.07, 6.45) is 3.10. The average Bonchev–Trinajstić information content (AvgIpc) is 2.55. The van der Waals surface area contributed by atoms with E-state index >= 15 is 0 Å². The van der Waals surface area contributed by atoms with Gasteiger partial charge in [-0.15, -0.1) is 0 Å². The Balaban J connectivity index is 1.76. The molecule has 1 heterocycles. The van der Waals surface area contributed by atoms with Crippen LogP contribution in [0.15, 0.2) is 60.9 Å². The summed E-state index contributed by atoms with van der Waals surface area (Å²) < 4.78 is 19.6. The average molecular weight is 315 g/mol. The Morgan fingerprint density at radius 3 is 2.36 bits per heavy atom. The van der Waals surface area contributed by atoms with E-state index in [0.29, 0.717) is 17.7 Å². The first kappa shape index (κ1) is 14.5. The highest BCUT2D eigenvalue weighted by Gasteiger charge is 2.07. The van der Waals surface area contributed by atoms with Crippen LogP contribution in [0.3, 0.4) is 0 Å². The summed E-state index contributed by atoms with van der Waals surface area (Å²) in [5, 5.41) is 0.159. The summed E-state index contributed by atoms with van der Waals surface area (Å²) in [5.41, 5.74) is 2.34. The molecule has 1 aromatic heterocycles. The molecule has 3 aromatic rings. The number of ether oxygens (including phenoxy) is 1. The highest BCUT2D eigenvalue weighted by molar-refractivity contribution is 6.28. The molecule has 0 unspecified atom stereocenters. The van der Waals surface area contributed by atoms with E-state index in [0.717, 1.165) is 5.56 Å². The van der Waals surface area contributed by atoms with Crippen molar-refractivity contribution in [3.05, 3.63) is 77.6 Å². The monoisotopic (exact) mass is 314 g/mol. The number of hydrogen-bond acceptors (Lipinski definition) is 3. The molecule has 0 atom stereocenters. The first-order chi connectivity index (χ1) is 10.7. The number of rotatable bonds is 4. The number of nitrogens with zero attached hydrogens (tertiary/aromatic N) is 2. The van der Waals surface area contributed by atoms with Crippen molar-refractivity contribution in [3.8, 4) is 16.9 Å². The van der Waals surface area contributed by atoms with Gasteiger partial charge in [-0.05, 0) is 34.9 Å². The van der Waals surface area contributed by atoms with Crippen LogP contribution in [-0.2, 0) is 6.61 Å². The van der Waals surface area contributed by atoms with Crippen molar-refractivity contribution in [2.45, 2.75) is 6.61 Å². The molecule has 3 nitrogen and oxygen atoms in total. The van der Waals surface area contributed by atoms with Crippen LogP contribution >= 0.6 is 11.6 Å². The lowest BCUT2D eigenvalue weighted by atomic mass is 10.1. The van der Waals surface area contributed by atoms with E-state index in [4.69, 9.17) is 16.3 Å². The summed E-state index contributed by atoms with van der Waals surface area (Å²) in [5.74, 6) is -0.217. The van der Waals surface area contributed by atoms with Crippen LogP contribution in [0.25, 0.3) is 11.1 Å². The van der Waals surface area contributed by atoms with Gasteiger partial charge in [0.2, 0.25) is 5.28 Å². The van der Waals surface area contributed by atoms with Crippen LogP contribution < -0.4 is 4.74 Å². The maximum Gasteiger partial charge on any atom is 0.222 e. The van der Waals surface area contributed by atoms with Gasteiger partial charge < -0.3 is 4.74 Å². The van der Waals surface area contributed by atoms with Crippen molar-refractivity contribution in [2.24, 2.45) is 0 Å². The van der Waals surface area contributed by atoms with E-state index in [2.05, 4.69) is 9.97 Å². The molecule has 0 aliphatic rings. The third-order valence-corrected chi connectivity index (χ3v) is 3.32. The summed E-state index contributed by atoms with van der Waals surface area (Å²) >= 11 is 5.64. The lowest BCUT2D eigenvalue weighted by Gasteiger charge is -2.09. The molecule has 0 amide bonds. The quantitative estimate of drug-likeness (QED) is 0.664. The highest BCUT2D eigenvalue weighted by Crippen LogP contribution is 2.25. The predicted molar refractivity (Wildman–Crippen MR) is 83.2 cm³/mol. The van der Waals surface area contributed by atoms with Crippen LogP contribution in [0, 0.1) is 5.82 Å².